The molecule has 3 N–H and O–H groups in total. The van der Waals surface area contributed by atoms with E-state index in [1.807, 2.05) is 13.0 Å². The van der Waals surface area contributed by atoms with Gasteiger partial charge in [-0.05, 0) is 36.8 Å². The second-order valence-electron chi connectivity index (χ2n) is 3.91. The first kappa shape index (κ1) is 12.0. The van der Waals surface area contributed by atoms with Crippen molar-refractivity contribution in [2.24, 2.45) is 0 Å². The van der Waals surface area contributed by atoms with Crippen LogP contribution in [0.3, 0.4) is 0 Å². The van der Waals surface area contributed by atoms with Crippen molar-refractivity contribution in [3.63, 3.8) is 0 Å². The van der Waals surface area contributed by atoms with E-state index >= 15 is 0 Å². The Morgan fingerprint density at radius 3 is 2.72 bits per heavy atom. The van der Waals surface area contributed by atoms with Crippen LogP contribution in [0.5, 0.6) is 0 Å². The van der Waals surface area contributed by atoms with Gasteiger partial charge in [0.05, 0.1) is 17.6 Å². The Bertz CT molecular complexity index is 581. The van der Waals surface area contributed by atoms with Gasteiger partial charge in [-0.25, -0.2) is 9.37 Å². The van der Waals surface area contributed by atoms with E-state index in [1.54, 1.807) is 12.1 Å². The first-order valence-corrected chi connectivity index (χ1v) is 5.35. The number of nitrogens with one attached hydrogen (secondary N) is 1. The number of pyridine rings is 1. The highest BCUT2D eigenvalue weighted by Gasteiger charge is 2.09. The Kier molecular flexibility index (Phi) is 3.23. The lowest BCUT2D eigenvalue weighted by atomic mass is 10.2. The van der Waals surface area contributed by atoms with Crippen molar-refractivity contribution in [2.75, 3.05) is 11.1 Å². The zero-order chi connectivity index (χ0) is 13.1. The Hall–Kier alpha value is -2.43. The van der Waals surface area contributed by atoms with Crippen molar-refractivity contribution >= 4 is 17.3 Å². The number of nitrogen functional groups attached to an aromatic ring is 1. The molecular weight excluding hydrogens is 233 g/mol. The lowest BCUT2D eigenvalue weighted by Crippen LogP contribution is -2.14. The maximum Gasteiger partial charge on any atom is 0.274 e. The number of nitrogens with zero attached hydrogens (tertiary/aromatic N) is 1. The molecule has 0 spiro atoms. The summed E-state index contributed by atoms with van der Waals surface area (Å²) in [6.07, 6.45) is 0.993. The molecule has 2 aromatic rings. The highest BCUT2D eigenvalue weighted by Crippen LogP contribution is 2.19. The molecule has 0 unspecified atom stereocenters. The molecule has 1 aromatic carbocycles. The molecule has 4 nitrogen and oxygen atoms in total. The summed E-state index contributed by atoms with van der Waals surface area (Å²) >= 11 is 0. The van der Waals surface area contributed by atoms with Crippen molar-refractivity contribution in [3.05, 3.63) is 53.6 Å². The van der Waals surface area contributed by atoms with Gasteiger partial charge in [-0.2, -0.15) is 0 Å². The number of rotatable bonds is 2. The topological polar surface area (TPSA) is 68.0 Å². The highest BCUT2D eigenvalue weighted by molar-refractivity contribution is 6.04. The molecule has 0 fully saturated rings. The number of aromatic nitrogens is 1. The van der Waals surface area contributed by atoms with Gasteiger partial charge in [0.15, 0.2) is 0 Å². The summed E-state index contributed by atoms with van der Waals surface area (Å²) in [5, 5.41) is 2.62. The predicted molar refractivity (Wildman–Crippen MR) is 67.7 cm³/mol. The van der Waals surface area contributed by atoms with Gasteiger partial charge >= 0.3 is 0 Å². The molecule has 2 rings (SSSR count). The zero-order valence-electron chi connectivity index (χ0n) is 9.77. The lowest BCUT2D eigenvalue weighted by Gasteiger charge is -2.08. The van der Waals surface area contributed by atoms with Gasteiger partial charge in [-0.15, -0.1) is 0 Å². The molecule has 18 heavy (non-hydrogen) atoms. The quantitative estimate of drug-likeness (QED) is 0.798. The fourth-order valence-corrected chi connectivity index (χ4v) is 1.49. The maximum atomic E-state index is 12.7. The maximum absolute atomic E-state index is 12.7. The Morgan fingerprint density at radius 1 is 1.33 bits per heavy atom. The van der Waals surface area contributed by atoms with E-state index in [0.717, 1.165) is 11.8 Å². The van der Waals surface area contributed by atoms with E-state index in [9.17, 15) is 9.18 Å². The monoisotopic (exact) mass is 245 g/mol. The Labute approximate surface area is 104 Å². The minimum atomic E-state index is -0.485. The molecule has 1 aromatic heterocycles. The molecule has 92 valence electrons. The van der Waals surface area contributed by atoms with Gasteiger partial charge in [0.25, 0.3) is 5.91 Å². The van der Waals surface area contributed by atoms with Gasteiger partial charge < -0.3 is 11.1 Å². The SMILES string of the molecule is Cc1ccc(NC(=O)c2ccc(F)cn2)c(N)c1. The first-order chi connectivity index (χ1) is 8.56. The number of hydrogen-bond acceptors (Lipinski definition) is 3. The third-order valence-electron chi connectivity index (χ3n) is 2.42. The van der Waals surface area contributed by atoms with Crippen molar-refractivity contribution in [2.45, 2.75) is 6.92 Å². The largest absolute Gasteiger partial charge is 0.397 e. The number of benzene rings is 1. The third kappa shape index (κ3) is 2.63. The van der Waals surface area contributed by atoms with Gasteiger partial charge in [0, 0.05) is 0 Å². The zero-order valence-corrected chi connectivity index (χ0v) is 9.77. The minimum Gasteiger partial charge on any atom is -0.397 e. The van der Waals surface area contributed by atoms with Crippen LogP contribution in [0.2, 0.25) is 0 Å². The molecule has 0 aliphatic rings. The normalized spacial score (nSPS) is 10.1. The van der Waals surface area contributed by atoms with Crippen LogP contribution >= 0.6 is 0 Å². The minimum absolute atomic E-state index is 0.136. The van der Waals surface area contributed by atoms with E-state index in [4.69, 9.17) is 5.73 Å². The summed E-state index contributed by atoms with van der Waals surface area (Å²) in [6.45, 7) is 1.91. The van der Waals surface area contributed by atoms with Gasteiger partial charge in [-0.1, -0.05) is 6.07 Å². The van der Waals surface area contributed by atoms with Gasteiger partial charge in [0.2, 0.25) is 0 Å². The molecule has 0 bridgehead atoms. The van der Waals surface area contributed by atoms with Crippen LogP contribution in [0.4, 0.5) is 15.8 Å². The molecule has 0 aliphatic carbocycles. The van der Waals surface area contributed by atoms with E-state index in [2.05, 4.69) is 10.3 Å². The van der Waals surface area contributed by atoms with E-state index in [0.29, 0.717) is 11.4 Å². The molecule has 1 heterocycles. The van der Waals surface area contributed by atoms with E-state index < -0.39 is 11.7 Å². The van der Waals surface area contributed by atoms with Crippen molar-refractivity contribution < 1.29 is 9.18 Å². The fraction of sp³-hybridized carbons (Fsp3) is 0.0769. The summed E-state index contributed by atoms with van der Waals surface area (Å²) in [7, 11) is 0. The molecule has 0 saturated heterocycles. The number of nitrogens with two attached hydrogens (primary N) is 1. The Morgan fingerprint density at radius 2 is 2.11 bits per heavy atom. The van der Waals surface area contributed by atoms with Crippen LogP contribution in [0.15, 0.2) is 36.5 Å². The van der Waals surface area contributed by atoms with Crippen LogP contribution in [0.25, 0.3) is 0 Å². The van der Waals surface area contributed by atoms with Crippen LogP contribution in [0.1, 0.15) is 16.1 Å². The highest BCUT2D eigenvalue weighted by atomic mass is 19.1. The second kappa shape index (κ2) is 4.83. The van der Waals surface area contributed by atoms with E-state index in [-0.39, 0.29) is 5.69 Å². The number of anilines is 2. The average Bonchev–Trinajstić information content (AvgIpc) is 2.33. The summed E-state index contributed by atoms with van der Waals surface area (Å²) in [5.74, 6) is -0.910. The van der Waals surface area contributed by atoms with Crippen LogP contribution < -0.4 is 11.1 Å². The second-order valence-corrected chi connectivity index (χ2v) is 3.91. The Balaban J connectivity index is 2.18. The standard InChI is InChI=1S/C13H12FN3O/c1-8-2-4-11(10(15)6-8)17-13(18)12-5-3-9(14)7-16-12/h2-7H,15H2,1H3,(H,17,18). The number of carbonyl (C=O) groups excluding carboxylic acids is 1. The number of hydrogen-bond donors (Lipinski definition) is 2. The molecule has 1 amide bonds. The first-order valence-electron chi connectivity index (χ1n) is 5.35. The number of carbonyl (C=O) groups is 1. The summed E-state index contributed by atoms with van der Waals surface area (Å²) in [6, 6.07) is 7.80. The van der Waals surface area contributed by atoms with Crippen molar-refractivity contribution in [1.82, 2.24) is 4.98 Å². The summed E-state index contributed by atoms with van der Waals surface area (Å²) in [5.41, 5.74) is 7.91. The summed E-state index contributed by atoms with van der Waals surface area (Å²) < 4.78 is 12.7. The molecule has 5 heteroatoms. The van der Waals surface area contributed by atoms with Gasteiger partial charge in [-0.3, -0.25) is 4.79 Å². The third-order valence-corrected chi connectivity index (χ3v) is 2.42. The van der Waals surface area contributed by atoms with Crippen LogP contribution in [0, 0.1) is 12.7 Å². The average molecular weight is 245 g/mol. The molecule has 0 radical (unpaired) electrons. The van der Waals surface area contributed by atoms with E-state index in [1.165, 1.54) is 12.1 Å². The molecule has 0 atom stereocenters. The summed E-state index contributed by atoms with van der Waals surface area (Å²) in [4.78, 5) is 15.5. The predicted octanol–water partition coefficient (Wildman–Crippen LogP) is 2.36. The van der Waals surface area contributed by atoms with Crippen molar-refractivity contribution in [1.29, 1.82) is 0 Å². The molecular formula is C13H12FN3O. The fourth-order valence-electron chi connectivity index (χ4n) is 1.49. The van der Waals surface area contributed by atoms with Crippen LogP contribution in [-0.2, 0) is 0 Å². The smallest absolute Gasteiger partial charge is 0.274 e. The van der Waals surface area contributed by atoms with Gasteiger partial charge in [0.1, 0.15) is 11.5 Å². The number of aryl methyl sites for hydroxylation is 1. The van der Waals surface area contributed by atoms with Crippen LogP contribution in [-0.4, -0.2) is 10.9 Å². The molecule has 0 aliphatic heterocycles. The molecule has 0 saturated carbocycles. The number of halogens is 1. The lowest BCUT2D eigenvalue weighted by molar-refractivity contribution is 0.102. The van der Waals surface area contributed by atoms with Crippen molar-refractivity contribution in [3.8, 4) is 0 Å². The number of amides is 1.